The Morgan fingerprint density at radius 2 is 1.71 bits per heavy atom. The van der Waals surface area contributed by atoms with E-state index in [0.29, 0.717) is 11.4 Å². The molecule has 4 aromatic rings. The Hall–Kier alpha value is -5.11. The Morgan fingerprint density at radius 1 is 1.02 bits per heavy atom. The highest BCUT2D eigenvalue weighted by molar-refractivity contribution is 6.26. The first kappa shape index (κ1) is 27.5. The summed E-state index contributed by atoms with van der Waals surface area (Å²) in [5.41, 5.74) is 0.330. The maximum absolute atomic E-state index is 14.8. The van der Waals surface area contributed by atoms with E-state index in [0.717, 1.165) is 17.0 Å². The van der Waals surface area contributed by atoms with Crippen LogP contribution in [0.3, 0.4) is 0 Å². The first-order valence-electron chi connectivity index (χ1n) is 12.3. The van der Waals surface area contributed by atoms with Crippen molar-refractivity contribution in [2.24, 2.45) is 0 Å². The van der Waals surface area contributed by atoms with Crippen molar-refractivity contribution in [3.05, 3.63) is 98.9 Å². The van der Waals surface area contributed by atoms with Gasteiger partial charge in [-0.1, -0.05) is 6.07 Å². The molecule has 0 spiro atoms. The summed E-state index contributed by atoms with van der Waals surface area (Å²) in [4.78, 5) is 41.1. The number of carbonyl (C=O) groups excluding carboxylic acids is 2. The fraction of sp³-hybridized carbons (Fsp3) is 0.222. The van der Waals surface area contributed by atoms with E-state index in [1.54, 1.807) is 19.0 Å². The summed E-state index contributed by atoms with van der Waals surface area (Å²) in [6.07, 6.45) is -0.434. The standard InChI is InChI=1S/C27H23F2N7O5/c1-33(2)14-21-24-25(32-35(21)15-7-9-16(10-8-15)36(39)40)18(13-17-19(28)5-4-6-20(17)29)26(37)34(27(24)38)22-11-12-23(41-3)31-30-22/h4-12,18H,13-14H2,1-3H3. The Labute approximate surface area is 231 Å². The van der Waals surface area contributed by atoms with Crippen LogP contribution in [0.4, 0.5) is 20.3 Å². The molecule has 0 saturated carbocycles. The molecule has 1 aliphatic rings. The summed E-state index contributed by atoms with van der Waals surface area (Å²) in [6.45, 7) is 0.169. The van der Waals surface area contributed by atoms with Gasteiger partial charge in [0.25, 0.3) is 11.6 Å². The molecule has 5 rings (SSSR count). The molecule has 0 bridgehead atoms. The quantitative estimate of drug-likeness (QED) is 0.179. The SMILES string of the molecule is COc1ccc(N2C(=O)c3c(nn(-c4ccc([N+](=O)[O-])cc4)c3CN(C)C)C(Cc3c(F)cccc3F)C2=O)nn1. The van der Waals surface area contributed by atoms with Gasteiger partial charge >= 0.3 is 0 Å². The number of hydrogen-bond donors (Lipinski definition) is 0. The minimum absolute atomic E-state index is 0.0237. The number of halogens is 2. The Bertz CT molecular complexity index is 1640. The van der Waals surface area contributed by atoms with Crippen LogP contribution in [0.2, 0.25) is 0 Å². The molecule has 0 saturated heterocycles. The summed E-state index contributed by atoms with van der Waals surface area (Å²) >= 11 is 0. The zero-order valence-corrected chi connectivity index (χ0v) is 22.1. The van der Waals surface area contributed by atoms with Crippen molar-refractivity contribution in [3.8, 4) is 11.6 Å². The summed E-state index contributed by atoms with van der Waals surface area (Å²) in [6, 6.07) is 11.7. The maximum atomic E-state index is 14.8. The van der Waals surface area contributed by atoms with Crippen LogP contribution < -0.4 is 9.64 Å². The third kappa shape index (κ3) is 5.00. The lowest BCUT2D eigenvalue weighted by atomic mass is 9.87. The van der Waals surface area contributed by atoms with Gasteiger partial charge in [-0.05, 0) is 50.8 Å². The molecule has 2 aromatic heterocycles. The van der Waals surface area contributed by atoms with Crippen LogP contribution >= 0.6 is 0 Å². The van der Waals surface area contributed by atoms with E-state index in [1.807, 2.05) is 0 Å². The number of nitro groups is 1. The average Bonchev–Trinajstić information content (AvgIpc) is 3.31. The predicted molar refractivity (Wildman–Crippen MR) is 141 cm³/mol. The van der Waals surface area contributed by atoms with E-state index in [9.17, 15) is 28.5 Å². The second-order valence-electron chi connectivity index (χ2n) is 9.50. The number of anilines is 1. The van der Waals surface area contributed by atoms with E-state index in [-0.39, 0.29) is 40.8 Å². The van der Waals surface area contributed by atoms with E-state index < -0.39 is 40.7 Å². The summed E-state index contributed by atoms with van der Waals surface area (Å²) in [5.74, 6) is -4.49. The number of nitrogens with zero attached hydrogens (tertiary/aromatic N) is 7. The van der Waals surface area contributed by atoms with Gasteiger partial charge < -0.3 is 9.64 Å². The molecule has 0 radical (unpaired) electrons. The monoisotopic (exact) mass is 563 g/mol. The Balaban J connectivity index is 1.73. The molecule has 1 unspecified atom stereocenters. The minimum atomic E-state index is -1.28. The van der Waals surface area contributed by atoms with Crippen molar-refractivity contribution in [2.45, 2.75) is 18.9 Å². The normalized spacial score (nSPS) is 14.9. The van der Waals surface area contributed by atoms with Crippen LogP contribution in [0.5, 0.6) is 5.88 Å². The van der Waals surface area contributed by atoms with E-state index in [4.69, 9.17) is 4.74 Å². The average molecular weight is 564 g/mol. The lowest BCUT2D eigenvalue weighted by Crippen LogP contribution is -2.46. The van der Waals surface area contributed by atoms with Gasteiger partial charge in [0.05, 0.1) is 40.6 Å². The smallest absolute Gasteiger partial charge is 0.270 e. The largest absolute Gasteiger partial charge is 0.480 e. The van der Waals surface area contributed by atoms with Crippen molar-refractivity contribution in [1.29, 1.82) is 0 Å². The number of non-ortho nitro benzene ring substituents is 1. The zero-order chi connectivity index (χ0) is 29.4. The van der Waals surface area contributed by atoms with Crippen molar-refractivity contribution in [2.75, 3.05) is 26.1 Å². The van der Waals surface area contributed by atoms with E-state index >= 15 is 0 Å². The highest BCUT2D eigenvalue weighted by Gasteiger charge is 2.45. The molecule has 0 N–H and O–H groups in total. The fourth-order valence-electron chi connectivity index (χ4n) is 4.68. The van der Waals surface area contributed by atoms with E-state index in [2.05, 4.69) is 15.3 Å². The number of aromatic nitrogens is 4. The van der Waals surface area contributed by atoms with Crippen LogP contribution in [0, 0.1) is 21.7 Å². The zero-order valence-electron chi connectivity index (χ0n) is 22.1. The molecule has 0 aliphatic carbocycles. The number of amides is 2. The molecule has 0 fully saturated rings. The molecule has 3 heterocycles. The summed E-state index contributed by atoms with van der Waals surface area (Å²) in [5, 5.41) is 23.6. The van der Waals surface area contributed by atoms with Gasteiger partial charge in [-0.15, -0.1) is 10.2 Å². The number of carbonyl (C=O) groups is 2. The van der Waals surface area contributed by atoms with Crippen LogP contribution in [0.15, 0.2) is 54.6 Å². The third-order valence-corrected chi connectivity index (χ3v) is 6.58. The van der Waals surface area contributed by atoms with Gasteiger partial charge in [0.15, 0.2) is 5.82 Å². The number of benzene rings is 2. The number of fused-ring (bicyclic) bond motifs is 1. The van der Waals surface area contributed by atoms with Crippen molar-refractivity contribution < 1.29 is 28.0 Å². The highest BCUT2D eigenvalue weighted by atomic mass is 19.1. The second kappa shape index (κ2) is 10.8. The molecule has 1 atom stereocenters. The Kier molecular flexibility index (Phi) is 7.24. The maximum Gasteiger partial charge on any atom is 0.270 e. The van der Waals surface area contributed by atoms with Gasteiger partial charge in [-0.2, -0.15) is 5.10 Å². The Morgan fingerprint density at radius 3 is 2.27 bits per heavy atom. The molecule has 2 amide bonds. The van der Waals surface area contributed by atoms with Gasteiger partial charge in [0.1, 0.15) is 11.6 Å². The van der Waals surface area contributed by atoms with Crippen LogP contribution in [0.25, 0.3) is 5.69 Å². The molecule has 41 heavy (non-hydrogen) atoms. The van der Waals surface area contributed by atoms with Gasteiger partial charge in [-0.25, -0.2) is 18.4 Å². The van der Waals surface area contributed by atoms with Crippen LogP contribution in [0.1, 0.15) is 33.2 Å². The number of methoxy groups -OCH3 is 1. The molecule has 12 nitrogen and oxygen atoms in total. The molecule has 2 aromatic carbocycles. The highest BCUT2D eigenvalue weighted by Crippen LogP contribution is 2.37. The molecular weight excluding hydrogens is 540 g/mol. The van der Waals surface area contributed by atoms with Gasteiger partial charge in [0.2, 0.25) is 11.8 Å². The second-order valence-corrected chi connectivity index (χ2v) is 9.50. The van der Waals surface area contributed by atoms with E-state index in [1.165, 1.54) is 54.3 Å². The van der Waals surface area contributed by atoms with Crippen LogP contribution in [-0.2, 0) is 17.8 Å². The summed E-state index contributed by atoms with van der Waals surface area (Å²) < 4.78 is 36.0. The van der Waals surface area contributed by atoms with Crippen molar-refractivity contribution in [1.82, 2.24) is 24.9 Å². The number of ether oxygens (including phenoxy) is 1. The predicted octanol–water partition coefficient (Wildman–Crippen LogP) is 3.43. The van der Waals surface area contributed by atoms with Crippen LogP contribution in [-0.4, -0.2) is 62.8 Å². The topological polar surface area (TPSA) is 137 Å². The molecular formula is C27H23F2N7O5. The number of nitro benzene ring substituents is 1. The lowest BCUT2D eigenvalue weighted by Gasteiger charge is -2.29. The minimum Gasteiger partial charge on any atom is -0.480 e. The van der Waals surface area contributed by atoms with Crippen molar-refractivity contribution >= 4 is 23.3 Å². The molecule has 1 aliphatic heterocycles. The molecule has 210 valence electrons. The number of rotatable bonds is 8. The third-order valence-electron chi connectivity index (χ3n) is 6.58. The first-order chi connectivity index (χ1) is 19.6. The first-order valence-corrected chi connectivity index (χ1v) is 12.3. The molecule has 14 heteroatoms. The number of imide groups is 1. The van der Waals surface area contributed by atoms with Gasteiger partial charge in [0, 0.05) is 30.3 Å². The summed E-state index contributed by atoms with van der Waals surface area (Å²) in [7, 11) is 4.90. The number of hydrogen-bond acceptors (Lipinski definition) is 9. The van der Waals surface area contributed by atoms with Crippen molar-refractivity contribution in [3.63, 3.8) is 0 Å². The van der Waals surface area contributed by atoms with Gasteiger partial charge in [-0.3, -0.25) is 19.7 Å². The fourth-order valence-corrected chi connectivity index (χ4v) is 4.68. The lowest BCUT2D eigenvalue weighted by molar-refractivity contribution is -0.384.